The monoisotopic (exact) mass is 351 g/mol. The Morgan fingerprint density at radius 3 is 2.27 bits per heavy atom. The minimum atomic E-state index is 0.159. The number of nitrogens with one attached hydrogen (secondary N) is 2. The molecule has 1 amide bonds. The first-order valence-electron chi connectivity index (χ1n) is 10.6. The molecule has 0 radical (unpaired) electrons. The lowest BCUT2D eigenvalue weighted by molar-refractivity contribution is -0.886. The zero-order chi connectivity index (χ0) is 17.6. The summed E-state index contributed by atoms with van der Waals surface area (Å²) in [7, 11) is 0. The normalized spacial score (nSPS) is 38.1. The molecule has 1 unspecified atom stereocenters. The molecule has 1 heterocycles. The van der Waals surface area contributed by atoms with E-state index in [-0.39, 0.29) is 5.54 Å². The average Bonchev–Trinajstić information content (AvgIpc) is 2.61. The zero-order valence-electron chi connectivity index (χ0n) is 15.7. The van der Waals surface area contributed by atoms with Gasteiger partial charge in [-0.3, -0.25) is 4.79 Å². The van der Waals surface area contributed by atoms with Gasteiger partial charge in [-0.05, 0) is 73.5 Å². The van der Waals surface area contributed by atoms with Gasteiger partial charge >= 0.3 is 0 Å². The third-order valence-corrected chi connectivity index (χ3v) is 7.38. The molecule has 0 saturated heterocycles. The molecular formula is C23H31N2O+. The number of benzene rings is 1. The maximum absolute atomic E-state index is 12.8. The molecule has 0 aromatic heterocycles. The van der Waals surface area contributed by atoms with Crippen molar-refractivity contribution in [3.8, 4) is 0 Å². The van der Waals surface area contributed by atoms with Gasteiger partial charge in [-0.25, -0.2) is 0 Å². The van der Waals surface area contributed by atoms with E-state index in [1.807, 2.05) is 0 Å². The maximum Gasteiger partial charge on any atom is 0.275 e. The van der Waals surface area contributed by atoms with Crippen LogP contribution in [0.3, 0.4) is 0 Å². The number of carbonyl (C=O) groups excluding carboxylic acids is 1. The van der Waals surface area contributed by atoms with Gasteiger partial charge in [0.2, 0.25) is 0 Å². The van der Waals surface area contributed by atoms with Gasteiger partial charge in [0.05, 0.1) is 13.1 Å². The van der Waals surface area contributed by atoms with Crippen LogP contribution in [0.5, 0.6) is 0 Å². The standard InChI is InChI=1S/C23H30N2O/c26-22(24-23-13-17-10-18(14-23)12-19(11-17)15-23)16-25-8-6-21(7-9-25)20-4-2-1-3-5-20/h1-6,17-19H,7-16H2,(H,24,26)/p+1. The van der Waals surface area contributed by atoms with Crippen LogP contribution in [0.2, 0.25) is 0 Å². The zero-order valence-corrected chi connectivity index (χ0v) is 15.7. The Morgan fingerprint density at radius 1 is 1.04 bits per heavy atom. The second kappa shape index (κ2) is 6.53. The van der Waals surface area contributed by atoms with Crippen molar-refractivity contribution < 1.29 is 9.69 Å². The van der Waals surface area contributed by atoms with E-state index in [9.17, 15) is 4.79 Å². The maximum atomic E-state index is 12.8. The van der Waals surface area contributed by atoms with E-state index in [0.29, 0.717) is 12.5 Å². The summed E-state index contributed by atoms with van der Waals surface area (Å²) in [5.74, 6) is 2.96. The van der Waals surface area contributed by atoms with Crippen LogP contribution in [0.1, 0.15) is 50.5 Å². The Kier molecular flexibility index (Phi) is 4.16. The van der Waals surface area contributed by atoms with Crippen LogP contribution in [0, 0.1) is 17.8 Å². The van der Waals surface area contributed by atoms with E-state index in [0.717, 1.165) is 37.3 Å². The SMILES string of the molecule is O=C(C[NH+]1CC=C(c2ccccc2)CC1)NC12CC3CC(CC(C3)C1)C2. The second-order valence-electron chi connectivity index (χ2n) is 9.47. The lowest BCUT2D eigenvalue weighted by Crippen LogP contribution is -3.13. The van der Waals surface area contributed by atoms with E-state index in [2.05, 4.69) is 41.7 Å². The molecule has 4 bridgehead atoms. The molecule has 26 heavy (non-hydrogen) atoms. The van der Waals surface area contributed by atoms with Gasteiger partial charge in [-0.1, -0.05) is 30.3 Å². The summed E-state index contributed by atoms with van der Waals surface area (Å²) < 4.78 is 0. The van der Waals surface area contributed by atoms with E-state index in [1.165, 1.54) is 54.6 Å². The summed E-state index contributed by atoms with van der Waals surface area (Å²) in [6.45, 7) is 2.67. The van der Waals surface area contributed by atoms with Crippen LogP contribution in [-0.2, 0) is 4.79 Å². The number of rotatable bonds is 4. The Bertz CT molecular complexity index is 673. The lowest BCUT2D eigenvalue weighted by Gasteiger charge is -2.56. The number of hydrogen-bond acceptors (Lipinski definition) is 1. The predicted molar refractivity (Wildman–Crippen MR) is 104 cm³/mol. The highest BCUT2D eigenvalue weighted by molar-refractivity contribution is 5.78. The molecule has 1 aromatic carbocycles. The molecule has 4 aliphatic carbocycles. The molecule has 4 fully saturated rings. The molecule has 4 saturated carbocycles. The molecule has 6 rings (SSSR count). The van der Waals surface area contributed by atoms with Crippen molar-refractivity contribution in [2.75, 3.05) is 19.6 Å². The Hall–Kier alpha value is -1.61. The van der Waals surface area contributed by atoms with Crippen LogP contribution in [0.15, 0.2) is 36.4 Å². The van der Waals surface area contributed by atoms with Crippen molar-refractivity contribution in [2.45, 2.75) is 50.5 Å². The first-order valence-corrected chi connectivity index (χ1v) is 10.6. The Balaban J connectivity index is 1.18. The largest absolute Gasteiger partial charge is 0.346 e. The third-order valence-electron chi connectivity index (χ3n) is 7.38. The summed E-state index contributed by atoms with van der Waals surface area (Å²) in [6, 6.07) is 10.7. The van der Waals surface area contributed by atoms with Gasteiger partial charge < -0.3 is 10.2 Å². The highest BCUT2D eigenvalue weighted by Gasteiger charge is 2.51. The highest BCUT2D eigenvalue weighted by atomic mass is 16.2. The van der Waals surface area contributed by atoms with E-state index in [4.69, 9.17) is 0 Å². The summed E-state index contributed by atoms with van der Waals surface area (Å²) in [4.78, 5) is 14.2. The van der Waals surface area contributed by atoms with E-state index in [1.54, 1.807) is 0 Å². The lowest BCUT2D eigenvalue weighted by atomic mass is 9.53. The highest BCUT2D eigenvalue weighted by Crippen LogP contribution is 2.55. The number of quaternary nitrogens is 1. The van der Waals surface area contributed by atoms with Crippen LogP contribution < -0.4 is 10.2 Å². The molecule has 0 spiro atoms. The molecule has 5 aliphatic rings. The first kappa shape index (κ1) is 16.6. The van der Waals surface area contributed by atoms with Gasteiger partial charge in [0.15, 0.2) is 6.54 Å². The van der Waals surface area contributed by atoms with Gasteiger partial charge in [-0.15, -0.1) is 0 Å². The number of carbonyl (C=O) groups is 1. The fraction of sp³-hybridized carbons (Fsp3) is 0.609. The third kappa shape index (κ3) is 3.22. The minimum absolute atomic E-state index is 0.159. The smallest absolute Gasteiger partial charge is 0.275 e. The average molecular weight is 352 g/mol. The second-order valence-corrected chi connectivity index (χ2v) is 9.47. The summed E-state index contributed by atoms with van der Waals surface area (Å²) in [6.07, 6.45) is 11.4. The van der Waals surface area contributed by atoms with Crippen LogP contribution in [0.4, 0.5) is 0 Å². The van der Waals surface area contributed by atoms with Gasteiger partial charge in [0.1, 0.15) is 0 Å². The van der Waals surface area contributed by atoms with E-state index >= 15 is 0 Å². The number of hydrogen-bond donors (Lipinski definition) is 2. The molecular weight excluding hydrogens is 320 g/mol. The van der Waals surface area contributed by atoms with Crippen molar-refractivity contribution in [2.24, 2.45) is 17.8 Å². The minimum Gasteiger partial charge on any atom is -0.346 e. The Labute approximate surface area is 156 Å². The fourth-order valence-electron chi connectivity index (χ4n) is 6.69. The van der Waals surface area contributed by atoms with Gasteiger partial charge in [0, 0.05) is 12.0 Å². The van der Waals surface area contributed by atoms with Crippen LogP contribution in [0.25, 0.3) is 5.57 Å². The van der Waals surface area contributed by atoms with E-state index < -0.39 is 0 Å². The van der Waals surface area contributed by atoms with Crippen LogP contribution in [-0.4, -0.2) is 31.1 Å². The van der Waals surface area contributed by atoms with Crippen molar-refractivity contribution in [3.63, 3.8) is 0 Å². The fourth-order valence-corrected chi connectivity index (χ4v) is 6.69. The summed E-state index contributed by atoms with van der Waals surface area (Å²) >= 11 is 0. The quantitative estimate of drug-likeness (QED) is 0.858. The molecule has 1 aromatic rings. The molecule has 2 N–H and O–H groups in total. The molecule has 1 aliphatic heterocycles. The molecule has 3 heteroatoms. The molecule has 138 valence electrons. The van der Waals surface area contributed by atoms with Crippen molar-refractivity contribution in [1.29, 1.82) is 0 Å². The summed E-state index contributed by atoms with van der Waals surface area (Å²) in [5.41, 5.74) is 2.94. The van der Waals surface area contributed by atoms with Gasteiger partial charge in [0.25, 0.3) is 5.91 Å². The summed E-state index contributed by atoms with van der Waals surface area (Å²) in [5, 5.41) is 3.53. The Morgan fingerprint density at radius 2 is 1.69 bits per heavy atom. The van der Waals surface area contributed by atoms with Crippen molar-refractivity contribution in [1.82, 2.24) is 5.32 Å². The number of amides is 1. The topological polar surface area (TPSA) is 33.5 Å². The van der Waals surface area contributed by atoms with Crippen LogP contribution >= 0.6 is 0 Å². The van der Waals surface area contributed by atoms with Crippen molar-refractivity contribution in [3.05, 3.63) is 42.0 Å². The van der Waals surface area contributed by atoms with Gasteiger partial charge in [-0.2, -0.15) is 0 Å². The molecule has 3 nitrogen and oxygen atoms in total. The van der Waals surface area contributed by atoms with Crippen molar-refractivity contribution >= 4 is 11.5 Å². The predicted octanol–water partition coefficient (Wildman–Crippen LogP) is 2.44. The first-order chi connectivity index (χ1) is 12.7. The molecule has 1 atom stereocenters.